The molecule has 0 radical (unpaired) electrons. The fraction of sp³-hybridized carbons (Fsp3) is 0.500. The molecule has 3 rings (SSSR count). The van der Waals surface area contributed by atoms with Gasteiger partial charge in [-0.15, -0.1) is 0 Å². The van der Waals surface area contributed by atoms with Crippen molar-refractivity contribution < 1.29 is 0 Å². The van der Waals surface area contributed by atoms with Crippen LogP contribution in [0.5, 0.6) is 0 Å². The van der Waals surface area contributed by atoms with Gasteiger partial charge in [0.25, 0.3) is 0 Å². The first-order valence-electron chi connectivity index (χ1n) is 7.47. The van der Waals surface area contributed by atoms with Crippen molar-refractivity contribution in [1.82, 2.24) is 14.8 Å². The molecule has 106 valence electrons. The molecule has 1 unspecified atom stereocenters. The zero-order valence-corrected chi connectivity index (χ0v) is 12.2. The normalized spacial score (nSPS) is 17.9. The highest BCUT2D eigenvalue weighted by Gasteiger charge is 2.23. The molecule has 2 aromatic rings. The van der Waals surface area contributed by atoms with Crippen LogP contribution in [-0.4, -0.2) is 21.3 Å². The van der Waals surface area contributed by atoms with Crippen LogP contribution < -0.4 is 5.32 Å². The molecule has 0 bridgehead atoms. The molecule has 0 saturated heterocycles. The van der Waals surface area contributed by atoms with Gasteiger partial charge in [0.1, 0.15) is 5.82 Å². The molecule has 0 spiro atoms. The predicted molar refractivity (Wildman–Crippen MR) is 80.9 cm³/mol. The number of anilines is 1. The molecule has 0 saturated carbocycles. The minimum atomic E-state index is 0.264. The Morgan fingerprint density at radius 3 is 3.05 bits per heavy atom. The molecule has 1 N–H and O–H groups in total. The molecule has 4 heteroatoms. The van der Waals surface area contributed by atoms with E-state index in [9.17, 15) is 0 Å². The minimum absolute atomic E-state index is 0.264. The van der Waals surface area contributed by atoms with Crippen molar-refractivity contribution in [1.29, 1.82) is 0 Å². The Kier molecular flexibility index (Phi) is 3.72. The molecule has 1 aliphatic heterocycles. The largest absolute Gasteiger partial charge is 0.370 e. The first-order valence-corrected chi connectivity index (χ1v) is 7.47. The van der Waals surface area contributed by atoms with Crippen molar-refractivity contribution in [3.63, 3.8) is 0 Å². The summed E-state index contributed by atoms with van der Waals surface area (Å²) in [7, 11) is 0. The molecular formula is C16H22N4. The van der Waals surface area contributed by atoms with Crippen molar-refractivity contribution in [3.8, 4) is 0 Å². The summed E-state index contributed by atoms with van der Waals surface area (Å²) in [5.74, 6) is 1.85. The number of fused-ring (bicyclic) bond motifs is 1. The van der Waals surface area contributed by atoms with Gasteiger partial charge in [-0.05, 0) is 37.3 Å². The maximum atomic E-state index is 4.79. The quantitative estimate of drug-likeness (QED) is 0.927. The molecule has 1 aliphatic rings. The van der Waals surface area contributed by atoms with E-state index >= 15 is 0 Å². The lowest BCUT2D eigenvalue weighted by molar-refractivity contribution is 0.465. The Hall–Kier alpha value is -1.84. The lowest BCUT2D eigenvalue weighted by atomic mass is 10.1. The Balaban J connectivity index is 1.85. The van der Waals surface area contributed by atoms with Gasteiger partial charge in [0.2, 0.25) is 0 Å². The van der Waals surface area contributed by atoms with Gasteiger partial charge in [0.15, 0.2) is 0 Å². The predicted octanol–water partition coefficient (Wildman–Crippen LogP) is 3.27. The van der Waals surface area contributed by atoms with E-state index in [0.717, 1.165) is 30.9 Å². The molecule has 20 heavy (non-hydrogen) atoms. The lowest BCUT2D eigenvalue weighted by Gasteiger charge is -2.25. The average Bonchev–Trinajstić information content (AvgIpc) is 2.89. The molecule has 4 nitrogen and oxygen atoms in total. The van der Waals surface area contributed by atoms with E-state index in [2.05, 4.69) is 41.0 Å². The van der Waals surface area contributed by atoms with Crippen LogP contribution >= 0.6 is 0 Å². The summed E-state index contributed by atoms with van der Waals surface area (Å²) in [4.78, 5) is 4.50. The van der Waals surface area contributed by atoms with Crippen LogP contribution in [0, 0.1) is 5.92 Å². The Labute approximate surface area is 120 Å². The summed E-state index contributed by atoms with van der Waals surface area (Å²) in [5, 5.41) is 8.24. The van der Waals surface area contributed by atoms with Crippen molar-refractivity contribution in [3.05, 3.63) is 41.9 Å². The van der Waals surface area contributed by atoms with Gasteiger partial charge < -0.3 is 5.32 Å². The minimum Gasteiger partial charge on any atom is -0.370 e. The summed E-state index contributed by atoms with van der Waals surface area (Å²) < 4.78 is 2.11. The molecular weight excluding hydrogens is 248 g/mol. The second-order valence-corrected chi connectivity index (χ2v) is 5.88. The maximum Gasteiger partial charge on any atom is 0.125 e. The third-order valence-electron chi connectivity index (χ3n) is 3.81. The monoisotopic (exact) mass is 270 g/mol. The molecule has 0 aromatic carbocycles. The summed E-state index contributed by atoms with van der Waals surface area (Å²) in [6.45, 7) is 5.49. The highest BCUT2D eigenvalue weighted by molar-refractivity contribution is 5.40. The van der Waals surface area contributed by atoms with Gasteiger partial charge in [0.05, 0.1) is 17.4 Å². The van der Waals surface area contributed by atoms with Crippen molar-refractivity contribution >= 4 is 5.82 Å². The first kappa shape index (κ1) is 13.2. The van der Waals surface area contributed by atoms with Crippen LogP contribution in [0.25, 0.3) is 0 Å². The molecule has 3 heterocycles. The fourth-order valence-electron chi connectivity index (χ4n) is 2.68. The average molecular weight is 270 g/mol. The number of aryl methyl sites for hydroxylation is 1. The van der Waals surface area contributed by atoms with E-state index in [-0.39, 0.29) is 6.04 Å². The van der Waals surface area contributed by atoms with Crippen LogP contribution in [0.3, 0.4) is 0 Å². The molecule has 0 fully saturated rings. The lowest BCUT2D eigenvalue weighted by Crippen LogP contribution is -2.24. The van der Waals surface area contributed by atoms with Gasteiger partial charge in [0, 0.05) is 18.8 Å². The van der Waals surface area contributed by atoms with E-state index in [4.69, 9.17) is 5.10 Å². The zero-order chi connectivity index (χ0) is 13.9. The topological polar surface area (TPSA) is 42.7 Å². The Bertz CT molecular complexity index is 559. The van der Waals surface area contributed by atoms with E-state index < -0.39 is 0 Å². The number of nitrogens with zero attached hydrogens (tertiary/aromatic N) is 3. The second kappa shape index (κ2) is 5.65. The van der Waals surface area contributed by atoms with Gasteiger partial charge in [-0.25, -0.2) is 4.68 Å². The molecule has 0 amide bonds. The van der Waals surface area contributed by atoms with E-state index in [1.165, 1.54) is 12.1 Å². The van der Waals surface area contributed by atoms with Crippen molar-refractivity contribution in [2.45, 2.75) is 39.2 Å². The van der Waals surface area contributed by atoms with Crippen LogP contribution in [0.2, 0.25) is 0 Å². The maximum absolute atomic E-state index is 4.79. The number of hydrogen-bond donors (Lipinski definition) is 1. The van der Waals surface area contributed by atoms with Gasteiger partial charge in [-0.3, -0.25) is 4.98 Å². The standard InChI is InChI=1S/C16H22N4/c1-12(2)6-7-13-11-16-18-10-8-15(20(16)19-13)14-5-3-4-9-17-14/h3-5,9,11-12,15,18H,6-8,10H2,1-2H3. The summed E-state index contributed by atoms with van der Waals surface area (Å²) in [5.41, 5.74) is 2.29. The summed E-state index contributed by atoms with van der Waals surface area (Å²) in [6, 6.07) is 8.56. The SMILES string of the molecule is CC(C)CCc1cc2n(n1)C(c1ccccn1)CCN2. The number of rotatable bonds is 4. The smallest absolute Gasteiger partial charge is 0.125 e. The molecule has 0 aliphatic carbocycles. The highest BCUT2D eigenvalue weighted by atomic mass is 15.4. The first-order chi connectivity index (χ1) is 9.74. The third kappa shape index (κ3) is 2.69. The zero-order valence-electron chi connectivity index (χ0n) is 12.2. The molecule has 2 aromatic heterocycles. The van der Waals surface area contributed by atoms with Crippen LogP contribution in [0.15, 0.2) is 30.5 Å². The number of pyridine rings is 1. The van der Waals surface area contributed by atoms with Crippen molar-refractivity contribution in [2.24, 2.45) is 5.92 Å². The summed E-state index contributed by atoms with van der Waals surface area (Å²) >= 11 is 0. The Morgan fingerprint density at radius 2 is 2.30 bits per heavy atom. The number of nitrogens with one attached hydrogen (secondary N) is 1. The van der Waals surface area contributed by atoms with E-state index in [0.29, 0.717) is 5.92 Å². The van der Waals surface area contributed by atoms with Gasteiger partial charge >= 0.3 is 0 Å². The number of aromatic nitrogens is 3. The molecule has 1 atom stereocenters. The van der Waals surface area contributed by atoms with Crippen molar-refractivity contribution in [2.75, 3.05) is 11.9 Å². The third-order valence-corrected chi connectivity index (χ3v) is 3.81. The fourth-order valence-corrected chi connectivity index (χ4v) is 2.68. The van der Waals surface area contributed by atoms with E-state index in [1.54, 1.807) is 0 Å². The van der Waals surface area contributed by atoms with Crippen LogP contribution in [0.4, 0.5) is 5.82 Å². The second-order valence-electron chi connectivity index (χ2n) is 5.88. The Morgan fingerprint density at radius 1 is 1.40 bits per heavy atom. The van der Waals surface area contributed by atoms with Crippen LogP contribution in [0.1, 0.15) is 44.1 Å². The van der Waals surface area contributed by atoms with Gasteiger partial charge in [-0.2, -0.15) is 5.10 Å². The van der Waals surface area contributed by atoms with Crippen LogP contribution in [-0.2, 0) is 6.42 Å². The van der Waals surface area contributed by atoms with E-state index in [1.807, 2.05) is 18.3 Å². The highest BCUT2D eigenvalue weighted by Crippen LogP contribution is 2.29. The van der Waals surface area contributed by atoms with Gasteiger partial charge in [-0.1, -0.05) is 19.9 Å². The number of hydrogen-bond acceptors (Lipinski definition) is 3. The summed E-state index contributed by atoms with van der Waals surface area (Å²) in [6.07, 6.45) is 5.13.